The van der Waals surface area contributed by atoms with E-state index in [4.69, 9.17) is 0 Å². The lowest BCUT2D eigenvalue weighted by Crippen LogP contribution is -1.83. The van der Waals surface area contributed by atoms with Crippen LogP contribution in [-0.2, 0) is 0 Å². The molecule has 0 amide bonds. The van der Waals surface area contributed by atoms with Gasteiger partial charge in [-0.05, 0) is 63.7 Å². The predicted octanol–water partition coefficient (Wildman–Crippen LogP) is 8.21. The van der Waals surface area contributed by atoms with Gasteiger partial charge < -0.3 is 0 Å². The van der Waals surface area contributed by atoms with E-state index < -0.39 is 0 Å². The van der Waals surface area contributed by atoms with Gasteiger partial charge in [0.05, 0.1) is 0 Å². The largest absolute Gasteiger partial charge is 0.0610 e. The molecule has 0 fully saturated rings. The Bertz CT molecular complexity index is 1030. The highest BCUT2D eigenvalue weighted by Gasteiger charge is 2.03. The second kappa shape index (κ2) is 7.61. The third-order valence-corrected chi connectivity index (χ3v) is 5.44. The molecule has 0 saturated carbocycles. The van der Waals surface area contributed by atoms with Crippen molar-refractivity contribution in [1.82, 2.24) is 0 Å². The van der Waals surface area contributed by atoms with Gasteiger partial charge in [-0.15, -0.1) is 0 Å². The predicted molar refractivity (Wildman–Crippen MR) is 118 cm³/mol. The highest BCUT2D eigenvalue weighted by atomic mass is 79.9. The Morgan fingerprint density at radius 2 is 0.769 bits per heavy atom. The Morgan fingerprint density at radius 1 is 0.346 bits per heavy atom. The molecule has 0 aliphatic carbocycles. The van der Waals surface area contributed by atoms with Crippen molar-refractivity contribution in [3.05, 3.63) is 106 Å². The average molecular weight is 464 g/mol. The van der Waals surface area contributed by atoms with Crippen molar-refractivity contribution in [3.63, 3.8) is 0 Å². The Hall–Kier alpha value is -2.16. The molecule has 0 heterocycles. The van der Waals surface area contributed by atoms with E-state index in [1.807, 2.05) is 6.07 Å². The molecule has 0 aliphatic rings. The highest BCUT2D eigenvalue weighted by Crippen LogP contribution is 2.29. The van der Waals surface area contributed by atoms with Gasteiger partial charge in [-0.25, -0.2) is 0 Å². The van der Waals surface area contributed by atoms with E-state index in [9.17, 15) is 0 Å². The molecule has 0 spiro atoms. The first-order chi connectivity index (χ1) is 12.7. The second-order valence-electron chi connectivity index (χ2n) is 6.18. The van der Waals surface area contributed by atoms with Gasteiger partial charge in [0.25, 0.3) is 0 Å². The number of hydrogen-bond acceptors (Lipinski definition) is 0. The van der Waals surface area contributed by atoms with E-state index in [1.165, 1.54) is 33.4 Å². The van der Waals surface area contributed by atoms with Gasteiger partial charge in [-0.3, -0.25) is 0 Å². The summed E-state index contributed by atoms with van der Waals surface area (Å²) in [5.41, 5.74) is 7.34. The van der Waals surface area contributed by atoms with Crippen molar-refractivity contribution in [2.75, 3.05) is 0 Å². The van der Waals surface area contributed by atoms with Gasteiger partial charge in [0.2, 0.25) is 0 Å². The van der Waals surface area contributed by atoms with Crippen LogP contribution >= 0.6 is 31.9 Å². The van der Waals surface area contributed by atoms with Gasteiger partial charge >= 0.3 is 0 Å². The van der Waals surface area contributed by atoms with E-state index in [0.29, 0.717) is 0 Å². The summed E-state index contributed by atoms with van der Waals surface area (Å²) < 4.78 is 2.20. The van der Waals surface area contributed by atoms with Crippen LogP contribution in [-0.4, -0.2) is 0 Å². The lowest BCUT2D eigenvalue weighted by molar-refractivity contribution is 1.56. The monoisotopic (exact) mass is 462 g/mol. The maximum atomic E-state index is 3.54. The first-order valence-corrected chi connectivity index (χ1v) is 10.00. The molecule has 0 radical (unpaired) electrons. The van der Waals surface area contributed by atoms with Gasteiger partial charge in [-0.2, -0.15) is 0 Å². The van der Waals surface area contributed by atoms with Crippen LogP contribution < -0.4 is 0 Å². The zero-order chi connectivity index (χ0) is 17.9. The minimum absolute atomic E-state index is 1.10. The number of benzene rings is 4. The van der Waals surface area contributed by atoms with E-state index >= 15 is 0 Å². The number of halogens is 2. The topological polar surface area (TPSA) is 0 Å². The summed E-state index contributed by atoms with van der Waals surface area (Å²) in [5, 5.41) is 0. The molecule has 126 valence electrons. The maximum absolute atomic E-state index is 3.54. The smallest absolute Gasteiger partial charge is 0.0181 e. The summed E-state index contributed by atoms with van der Waals surface area (Å²) >= 11 is 7.04. The van der Waals surface area contributed by atoms with Crippen LogP contribution in [0.15, 0.2) is 106 Å². The Morgan fingerprint density at radius 3 is 1.27 bits per heavy atom. The first-order valence-electron chi connectivity index (χ1n) is 8.41. The summed E-state index contributed by atoms with van der Waals surface area (Å²) in [6, 6.07) is 34.3. The standard InChI is InChI=1S/C24H16Br2/c25-23-13-11-19(12-14-23)21-4-1-3-20(15-21)17-7-9-18(10-8-17)22-5-2-6-24(26)16-22/h1-16H. The van der Waals surface area contributed by atoms with Gasteiger partial charge in [-0.1, -0.05) is 98.6 Å². The SMILES string of the molecule is Brc1ccc(-c2cccc(-c3ccc(-c4cccc(Br)c4)cc3)c2)cc1. The fraction of sp³-hybridized carbons (Fsp3) is 0. The van der Waals surface area contributed by atoms with Crippen molar-refractivity contribution >= 4 is 31.9 Å². The van der Waals surface area contributed by atoms with E-state index in [0.717, 1.165) is 8.95 Å². The third-order valence-electron chi connectivity index (χ3n) is 4.42. The van der Waals surface area contributed by atoms with Crippen molar-refractivity contribution in [1.29, 1.82) is 0 Å². The van der Waals surface area contributed by atoms with Crippen molar-refractivity contribution in [2.45, 2.75) is 0 Å². The van der Waals surface area contributed by atoms with Crippen LogP contribution in [0.4, 0.5) is 0 Å². The molecule has 2 heteroatoms. The molecule has 0 saturated heterocycles. The van der Waals surface area contributed by atoms with Gasteiger partial charge in [0, 0.05) is 8.95 Å². The van der Waals surface area contributed by atoms with E-state index in [2.05, 4.69) is 123 Å². The van der Waals surface area contributed by atoms with Crippen LogP contribution in [0.2, 0.25) is 0 Å². The summed E-state index contributed by atoms with van der Waals surface area (Å²) in [6.45, 7) is 0. The molecule has 0 aromatic heterocycles. The first kappa shape index (κ1) is 17.3. The molecule has 26 heavy (non-hydrogen) atoms. The van der Waals surface area contributed by atoms with Crippen LogP contribution in [0, 0.1) is 0 Å². The lowest BCUT2D eigenvalue weighted by Gasteiger charge is -2.08. The molecular formula is C24H16Br2. The summed E-state index contributed by atoms with van der Waals surface area (Å²) in [5.74, 6) is 0. The summed E-state index contributed by atoms with van der Waals surface area (Å²) in [7, 11) is 0. The normalized spacial score (nSPS) is 10.7. The van der Waals surface area contributed by atoms with Crippen LogP contribution in [0.25, 0.3) is 33.4 Å². The molecular weight excluding hydrogens is 448 g/mol. The molecule has 0 unspecified atom stereocenters. The highest BCUT2D eigenvalue weighted by molar-refractivity contribution is 9.10. The van der Waals surface area contributed by atoms with Crippen LogP contribution in [0.5, 0.6) is 0 Å². The summed E-state index contributed by atoms with van der Waals surface area (Å²) in [6.07, 6.45) is 0. The molecule has 0 atom stereocenters. The van der Waals surface area contributed by atoms with Crippen molar-refractivity contribution in [2.24, 2.45) is 0 Å². The molecule has 0 N–H and O–H groups in total. The Kier molecular flexibility index (Phi) is 5.05. The lowest BCUT2D eigenvalue weighted by atomic mass is 9.97. The fourth-order valence-corrected chi connectivity index (χ4v) is 3.71. The zero-order valence-electron chi connectivity index (χ0n) is 14.0. The van der Waals surface area contributed by atoms with Crippen LogP contribution in [0.3, 0.4) is 0 Å². The molecule has 4 aromatic rings. The fourth-order valence-electron chi connectivity index (χ4n) is 3.04. The minimum Gasteiger partial charge on any atom is -0.0610 e. The molecule has 0 nitrogen and oxygen atoms in total. The zero-order valence-corrected chi connectivity index (χ0v) is 17.2. The van der Waals surface area contributed by atoms with E-state index in [-0.39, 0.29) is 0 Å². The van der Waals surface area contributed by atoms with Crippen molar-refractivity contribution in [3.8, 4) is 33.4 Å². The average Bonchev–Trinajstić information content (AvgIpc) is 2.69. The van der Waals surface area contributed by atoms with Crippen LogP contribution in [0.1, 0.15) is 0 Å². The quantitative estimate of drug-likeness (QED) is 0.287. The molecule has 0 bridgehead atoms. The van der Waals surface area contributed by atoms with Crippen molar-refractivity contribution < 1.29 is 0 Å². The Labute approximate surface area is 170 Å². The van der Waals surface area contributed by atoms with Gasteiger partial charge in [0.1, 0.15) is 0 Å². The minimum atomic E-state index is 1.10. The summed E-state index contributed by atoms with van der Waals surface area (Å²) in [4.78, 5) is 0. The molecule has 4 rings (SSSR count). The second-order valence-corrected chi connectivity index (χ2v) is 8.01. The third kappa shape index (κ3) is 3.82. The molecule has 0 aliphatic heterocycles. The number of hydrogen-bond donors (Lipinski definition) is 0. The number of rotatable bonds is 3. The molecule has 4 aromatic carbocycles. The van der Waals surface area contributed by atoms with Gasteiger partial charge in [0.15, 0.2) is 0 Å². The van der Waals surface area contributed by atoms with E-state index in [1.54, 1.807) is 0 Å². The Balaban J connectivity index is 1.65. The maximum Gasteiger partial charge on any atom is 0.0181 e.